The lowest BCUT2D eigenvalue weighted by Crippen LogP contribution is -2.05. The number of aliphatic hydroxyl groups is 1. The third-order valence-electron chi connectivity index (χ3n) is 3.29. The minimum atomic E-state index is -0.298. The molecule has 0 amide bonds. The van der Waals surface area contributed by atoms with Crippen LogP contribution in [0.25, 0.3) is 11.3 Å². The second-order valence-electron chi connectivity index (χ2n) is 4.84. The van der Waals surface area contributed by atoms with Crippen molar-refractivity contribution in [3.05, 3.63) is 70.6 Å². The van der Waals surface area contributed by atoms with E-state index in [9.17, 15) is 9.50 Å². The van der Waals surface area contributed by atoms with E-state index in [1.165, 1.54) is 12.1 Å². The molecule has 0 unspecified atom stereocenters. The van der Waals surface area contributed by atoms with Crippen LogP contribution in [0.15, 0.2) is 48.5 Å². The van der Waals surface area contributed by atoms with Gasteiger partial charge in [-0.1, -0.05) is 41.1 Å². The van der Waals surface area contributed by atoms with Crippen molar-refractivity contribution in [2.24, 2.45) is 0 Å². The van der Waals surface area contributed by atoms with Crippen molar-refractivity contribution in [2.75, 3.05) is 0 Å². The SMILES string of the molecule is OCc1nnn(Cc2cccc(F)c2)c1-c1ccc(Cl)cc1. The maximum atomic E-state index is 13.3. The molecule has 0 radical (unpaired) electrons. The maximum Gasteiger partial charge on any atom is 0.123 e. The Morgan fingerprint density at radius 2 is 1.91 bits per heavy atom. The van der Waals surface area contributed by atoms with Crippen molar-refractivity contribution in [3.63, 3.8) is 0 Å². The third kappa shape index (κ3) is 3.00. The van der Waals surface area contributed by atoms with Crippen LogP contribution in [0.5, 0.6) is 0 Å². The summed E-state index contributed by atoms with van der Waals surface area (Å²) in [5.74, 6) is -0.298. The highest BCUT2D eigenvalue weighted by molar-refractivity contribution is 6.30. The molecule has 3 rings (SSSR count). The summed E-state index contributed by atoms with van der Waals surface area (Å²) >= 11 is 5.90. The second kappa shape index (κ2) is 6.25. The number of aromatic nitrogens is 3. The zero-order valence-corrected chi connectivity index (χ0v) is 12.3. The average Bonchev–Trinajstić information content (AvgIpc) is 2.91. The van der Waals surface area contributed by atoms with E-state index < -0.39 is 0 Å². The first-order chi connectivity index (χ1) is 10.7. The molecule has 0 spiro atoms. The summed E-state index contributed by atoms with van der Waals surface area (Å²) < 4.78 is 15.0. The van der Waals surface area contributed by atoms with Gasteiger partial charge in [-0.2, -0.15) is 0 Å². The average molecular weight is 318 g/mol. The van der Waals surface area contributed by atoms with E-state index in [1.807, 2.05) is 18.2 Å². The normalized spacial score (nSPS) is 10.9. The van der Waals surface area contributed by atoms with Crippen LogP contribution >= 0.6 is 11.6 Å². The zero-order chi connectivity index (χ0) is 15.5. The standard InChI is InChI=1S/C16H13ClFN3O/c17-13-6-4-12(5-7-13)16-15(10-22)19-20-21(16)9-11-2-1-3-14(18)8-11/h1-8,22H,9-10H2. The first-order valence-corrected chi connectivity index (χ1v) is 7.09. The Morgan fingerprint density at radius 3 is 2.59 bits per heavy atom. The molecular formula is C16H13ClFN3O. The molecular weight excluding hydrogens is 305 g/mol. The lowest BCUT2D eigenvalue weighted by molar-refractivity contribution is 0.277. The van der Waals surface area contributed by atoms with E-state index in [0.717, 1.165) is 11.1 Å². The smallest absolute Gasteiger partial charge is 0.123 e. The fourth-order valence-corrected chi connectivity index (χ4v) is 2.42. The monoisotopic (exact) mass is 317 g/mol. The Hall–Kier alpha value is -2.24. The summed E-state index contributed by atoms with van der Waals surface area (Å²) in [7, 11) is 0. The molecule has 22 heavy (non-hydrogen) atoms. The number of rotatable bonds is 4. The van der Waals surface area contributed by atoms with Crippen LogP contribution in [0, 0.1) is 5.82 Å². The molecule has 0 aliphatic heterocycles. The summed E-state index contributed by atoms with van der Waals surface area (Å²) in [5, 5.41) is 18.1. The van der Waals surface area contributed by atoms with Gasteiger partial charge in [-0.15, -0.1) is 5.10 Å². The van der Waals surface area contributed by atoms with Crippen LogP contribution in [0.3, 0.4) is 0 Å². The summed E-state index contributed by atoms with van der Waals surface area (Å²) in [6.07, 6.45) is 0. The molecule has 1 heterocycles. The van der Waals surface area contributed by atoms with Crippen LogP contribution in [-0.4, -0.2) is 20.1 Å². The number of benzene rings is 2. The minimum Gasteiger partial charge on any atom is -0.390 e. The number of halogens is 2. The van der Waals surface area contributed by atoms with E-state index in [-0.39, 0.29) is 12.4 Å². The molecule has 3 aromatic rings. The zero-order valence-electron chi connectivity index (χ0n) is 11.6. The summed E-state index contributed by atoms with van der Waals surface area (Å²) in [5.41, 5.74) is 2.78. The number of nitrogens with zero attached hydrogens (tertiary/aromatic N) is 3. The number of aliphatic hydroxyl groups excluding tert-OH is 1. The van der Waals surface area contributed by atoms with Gasteiger partial charge in [0.25, 0.3) is 0 Å². The highest BCUT2D eigenvalue weighted by Crippen LogP contribution is 2.25. The number of hydrogen-bond acceptors (Lipinski definition) is 3. The van der Waals surface area contributed by atoms with Crippen LogP contribution in [-0.2, 0) is 13.2 Å². The predicted molar refractivity (Wildman–Crippen MR) is 81.9 cm³/mol. The van der Waals surface area contributed by atoms with Gasteiger partial charge in [0.1, 0.15) is 11.5 Å². The van der Waals surface area contributed by atoms with Gasteiger partial charge in [0, 0.05) is 10.6 Å². The quantitative estimate of drug-likeness (QED) is 0.803. The van der Waals surface area contributed by atoms with Crippen LogP contribution in [0.2, 0.25) is 5.02 Å². The van der Waals surface area contributed by atoms with E-state index in [4.69, 9.17) is 11.6 Å². The molecule has 4 nitrogen and oxygen atoms in total. The van der Waals surface area contributed by atoms with Gasteiger partial charge in [-0.25, -0.2) is 9.07 Å². The van der Waals surface area contributed by atoms with Gasteiger partial charge in [-0.3, -0.25) is 0 Å². The molecule has 0 fully saturated rings. The molecule has 2 aromatic carbocycles. The fourth-order valence-electron chi connectivity index (χ4n) is 2.30. The van der Waals surface area contributed by atoms with Gasteiger partial charge in [0.15, 0.2) is 0 Å². The Morgan fingerprint density at radius 1 is 1.14 bits per heavy atom. The Labute approximate surface area is 131 Å². The van der Waals surface area contributed by atoms with E-state index in [1.54, 1.807) is 22.9 Å². The Bertz CT molecular complexity index is 786. The van der Waals surface area contributed by atoms with Crippen molar-refractivity contribution >= 4 is 11.6 Å². The van der Waals surface area contributed by atoms with Crippen molar-refractivity contribution in [2.45, 2.75) is 13.2 Å². The first kappa shape index (κ1) is 14.7. The highest BCUT2D eigenvalue weighted by atomic mass is 35.5. The molecule has 0 saturated heterocycles. The third-order valence-corrected chi connectivity index (χ3v) is 3.55. The van der Waals surface area contributed by atoms with E-state index >= 15 is 0 Å². The van der Waals surface area contributed by atoms with Crippen molar-refractivity contribution in [1.82, 2.24) is 15.0 Å². The molecule has 0 aliphatic carbocycles. The Kier molecular flexibility index (Phi) is 4.18. The fraction of sp³-hybridized carbons (Fsp3) is 0.125. The van der Waals surface area contributed by atoms with Gasteiger partial charge >= 0.3 is 0 Å². The summed E-state index contributed by atoms with van der Waals surface area (Å²) in [4.78, 5) is 0. The Balaban J connectivity index is 2.02. The lowest BCUT2D eigenvalue weighted by Gasteiger charge is -2.08. The van der Waals surface area contributed by atoms with Gasteiger partial charge < -0.3 is 5.11 Å². The molecule has 1 N–H and O–H groups in total. The summed E-state index contributed by atoms with van der Waals surface area (Å²) in [6, 6.07) is 13.5. The van der Waals surface area contributed by atoms with Crippen LogP contribution in [0.4, 0.5) is 4.39 Å². The van der Waals surface area contributed by atoms with E-state index in [0.29, 0.717) is 23.0 Å². The summed E-state index contributed by atoms with van der Waals surface area (Å²) in [6.45, 7) is 0.143. The molecule has 1 aromatic heterocycles. The lowest BCUT2D eigenvalue weighted by atomic mass is 10.1. The number of hydrogen-bond donors (Lipinski definition) is 1. The van der Waals surface area contributed by atoms with Crippen molar-refractivity contribution < 1.29 is 9.50 Å². The highest BCUT2D eigenvalue weighted by Gasteiger charge is 2.14. The van der Waals surface area contributed by atoms with Gasteiger partial charge in [-0.05, 0) is 29.8 Å². The topological polar surface area (TPSA) is 50.9 Å². The molecule has 112 valence electrons. The molecule has 6 heteroatoms. The molecule has 0 bridgehead atoms. The van der Waals surface area contributed by atoms with Crippen molar-refractivity contribution in [3.8, 4) is 11.3 Å². The van der Waals surface area contributed by atoms with Crippen molar-refractivity contribution in [1.29, 1.82) is 0 Å². The predicted octanol–water partition coefficient (Wildman–Crippen LogP) is 3.28. The molecule has 0 saturated carbocycles. The largest absolute Gasteiger partial charge is 0.390 e. The maximum absolute atomic E-state index is 13.3. The van der Waals surface area contributed by atoms with Crippen LogP contribution < -0.4 is 0 Å². The van der Waals surface area contributed by atoms with Gasteiger partial charge in [0.2, 0.25) is 0 Å². The second-order valence-corrected chi connectivity index (χ2v) is 5.27. The first-order valence-electron chi connectivity index (χ1n) is 6.71. The molecule has 0 atom stereocenters. The minimum absolute atomic E-state index is 0.221. The van der Waals surface area contributed by atoms with Gasteiger partial charge in [0.05, 0.1) is 18.8 Å². The molecule has 0 aliphatic rings. The van der Waals surface area contributed by atoms with E-state index in [2.05, 4.69) is 10.3 Å². The van der Waals surface area contributed by atoms with Crippen LogP contribution in [0.1, 0.15) is 11.3 Å².